The molecule has 0 spiro atoms. The maximum absolute atomic E-state index is 5.87. The molecule has 1 saturated carbocycles. The molecule has 0 heterocycles. The maximum atomic E-state index is 5.87. The fourth-order valence-corrected chi connectivity index (χ4v) is 3.28. The van der Waals surface area contributed by atoms with Crippen LogP contribution in [0.15, 0.2) is 24.3 Å². The minimum Gasteiger partial charge on any atom is -0.497 e. The minimum absolute atomic E-state index is 0.623. The van der Waals surface area contributed by atoms with Crippen molar-refractivity contribution in [3.8, 4) is 5.75 Å². The molecule has 2 nitrogen and oxygen atoms in total. The van der Waals surface area contributed by atoms with E-state index < -0.39 is 0 Å². The van der Waals surface area contributed by atoms with Crippen LogP contribution in [0, 0.1) is 11.8 Å². The van der Waals surface area contributed by atoms with Crippen LogP contribution >= 0.6 is 0 Å². The van der Waals surface area contributed by atoms with Gasteiger partial charge < -0.3 is 10.5 Å². The molecule has 3 unspecified atom stereocenters. The van der Waals surface area contributed by atoms with E-state index in [0.717, 1.165) is 18.2 Å². The fraction of sp³-hybridized carbons (Fsp3) is 0.625. The summed E-state index contributed by atoms with van der Waals surface area (Å²) in [6.07, 6.45) is 5.35. The molecule has 0 aliphatic heterocycles. The first-order chi connectivity index (χ1) is 8.76. The van der Waals surface area contributed by atoms with Gasteiger partial charge in [-0.25, -0.2) is 0 Å². The van der Waals surface area contributed by atoms with Gasteiger partial charge in [-0.1, -0.05) is 31.9 Å². The smallest absolute Gasteiger partial charge is 0.118 e. The lowest BCUT2D eigenvalue weighted by Gasteiger charge is -2.35. The van der Waals surface area contributed by atoms with Gasteiger partial charge in [0.2, 0.25) is 0 Å². The second-order valence-corrected chi connectivity index (χ2v) is 5.54. The van der Waals surface area contributed by atoms with Crippen LogP contribution in [0.4, 0.5) is 0 Å². The van der Waals surface area contributed by atoms with Crippen molar-refractivity contribution < 1.29 is 4.74 Å². The molecular formula is C16H25NO. The molecule has 0 aromatic heterocycles. The molecule has 2 heteroatoms. The molecule has 0 amide bonds. The Morgan fingerprint density at radius 3 is 2.50 bits per heavy atom. The first-order valence-electron chi connectivity index (χ1n) is 7.10. The lowest BCUT2D eigenvalue weighted by molar-refractivity contribution is 0.229. The van der Waals surface area contributed by atoms with Gasteiger partial charge in [0.05, 0.1) is 7.11 Å². The average molecular weight is 247 g/mol. The molecule has 2 N–H and O–H groups in total. The molecule has 100 valence electrons. The van der Waals surface area contributed by atoms with Crippen LogP contribution in [0.5, 0.6) is 5.75 Å². The van der Waals surface area contributed by atoms with Crippen molar-refractivity contribution in [2.45, 2.75) is 38.5 Å². The number of ether oxygens (including phenoxy) is 1. The number of rotatable bonds is 4. The van der Waals surface area contributed by atoms with Gasteiger partial charge in [0.1, 0.15) is 5.75 Å². The molecule has 0 saturated heterocycles. The Balaban J connectivity index is 2.16. The lowest BCUT2D eigenvalue weighted by atomic mass is 9.70. The average Bonchev–Trinajstić information content (AvgIpc) is 2.46. The van der Waals surface area contributed by atoms with E-state index in [-0.39, 0.29) is 0 Å². The van der Waals surface area contributed by atoms with E-state index in [1.54, 1.807) is 7.11 Å². The van der Waals surface area contributed by atoms with Gasteiger partial charge in [-0.15, -0.1) is 0 Å². The van der Waals surface area contributed by atoms with Gasteiger partial charge in [0.25, 0.3) is 0 Å². The number of hydrogen-bond acceptors (Lipinski definition) is 2. The zero-order chi connectivity index (χ0) is 13.0. The summed E-state index contributed by atoms with van der Waals surface area (Å²) in [5.41, 5.74) is 7.33. The fourth-order valence-electron chi connectivity index (χ4n) is 3.28. The molecule has 0 radical (unpaired) electrons. The monoisotopic (exact) mass is 247 g/mol. The molecular weight excluding hydrogens is 222 g/mol. The molecule has 1 aromatic carbocycles. The van der Waals surface area contributed by atoms with Crippen LogP contribution in [0.2, 0.25) is 0 Å². The molecule has 1 aliphatic carbocycles. The van der Waals surface area contributed by atoms with Crippen LogP contribution < -0.4 is 10.5 Å². The summed E-state index contributed by atoms with van der Waals surface area (Å²) in [5.74, 6) is 3.00. The van der Waals surface area contributed by atoms with E-state index in [9.17, 15) is 0 Å². The van der Waals surface area contributed by atoms with Crippen molar-refractivity contribution in [2.75, 3.05) is 13.7 Å². The van der Waals surface area contributed by atoms with Crippen molar-refractivity contribution in [3.63, 3.8) is 0 Å². The topological polar surface area (TPSA) is 35.2 Å². The summed E-state index contributed by atoms with van der Waals surface area (Å²) >= 11 is 0. The highest BCUT2D eigenvalue weighted by Gasteiger charge is 2.29. The Bertz CT molecular complexity index is 360. The second kappa shape index (κ2) is 6.24. The number of nitrogens with two attached hydrogens (primary N) is 1. The van der Waals surface area contributed by atoms with E-state index >= 15 is 0 Å². The SMILES string of the molecule is COc1ccc(C2CCCCC2C(C)CN)cc1. The summed E-state index contributed by atoms with van der Waals surface area (Å²) in [5, 5.41) is 0. The van der Waals surface area contributed by atoms with E-state index in [1.165, 1.54) is 31.2 Å². The van der Waals surface area contributed by atoms with Crippen LogP contribution in [-0.4, -0.2) is 13.7 Å². The zero-order valence-corrected chi connectivity index (χ0v) is 11.6. The van der Waals surface area contributed by atoms with Crippen molar-refractivity contribution in [1.82, 2.24) is 0 Å². The van der Waals surface area contributed by atoms with Crippen molar-refractivity contribution in [3.05, 3.63) is 29.8 Å². The summed E-state index contributed by atoms with van der Waals surface area (Å²) in [6.45, 7) is 3.10. The Morgan fingerprint density at radius 1 is 1.22 bits per heavy atom. The highest BCUT2D eigenvalue weighted by molar-refractivity contribution is 5.30. The molecule has 18 heavy (non-hydrogen) atoms. The van der Waals surface area contributed by atoms with Crippen LogP contribution in [0.1, 0.15) is 44.1 Å². The number of hydrogen-bond donors (Lipinski definition) is 1. The third-order valence-electron chi connectivity index (χ3n) is 4.47. The Kier molecular flexibility index (Phi) is 4.65. The first kappa shape index (κ1) is 13.4. The summed E-state index contributed by atoms with van der Waals surface area (Å²) < 4.78 is 5.23. The molecule has 0 bridgehead atoms. The quantitative estimate of drug-likeness (QED) is 0.883. The predicted octanol–water partition coefficient (Wildman–Crippen LogP) is 3.56. The van der Waals surface area contributed by atoms with Crippen LogP contribution in [0.3, 0.4) is 0 Å². The lowest BCUT2D eigenvalue weighted by Crippen LogP contribution is -2.28. The molecule has 2 rings (SSSR count). The largest absolute Gasteiger partial charge is 0.497 e. The van der Waals surface area contributed by atoms with Crippen molar-refractivity contribution in [2.24, 2.45) is 17.6 Å². The Labute approximate surface area is 111 Å². The van der Waals surface area contributed by atoms with E-state index in [2.05, 4.69) is 31.2 Å². The van der Waals surface area contributed by atoms with E-state index in [4.69, 9.17) is 10.5 Å². The molecule has 1 aliphatic rings. The summed E-state index contributed by atoms with van der Waals surface area (Å²) in [6, 6.07) is 8.61. The zero-order valence-electron chi connectivity index (χ0n) is 11.6. The van der Waals surface area contributed by atoms with Gasteiger partial charge >= 0.3 is 0 Å². The molecule has 1 fully saturated rings. The Morgan fingerprint density at radius 2 is 1.89 bits per heavy atom. The first-order valence-corrected chi connectivity index (χ1v) is 7.10. The van der Waals surface area contributed by atoms with Gasteiger partial charge in [-0.3, -0.25) is 0 Å². The summed E-state index contributed by atoms with van der Waals surface area (Å²) in [4.78, 5) is 0. The summed E-state index contributed by atoms with van der Waals surface area (Å²) in [7, 11) is 1.72. The van der Waals surface area contributed by atoms with Crippen molar-refractivity contribution in [1.29, 1.82) is 0 Å². The third-order valence-corrected chi connectivity index (χ3v) is 4.47. The van der Waals surface area contributed by atoms with E-state index in [0.29, 0.717) is 11.8 Å². The van der Waals surface area contributed by atoms with Crippen LogP contribution in [0.25, 0.3) is 0 Å². The maximum Gasteiger partial charge on any atom is 0.118 e. The number of methoxy groups -OCH3 is 1. The van der Waals surface area contributed by atoms with Gasteiger partial charge in [-0.2, -0.15) is 0 Å². The molecule has 3 atom stereocenters. The van der Waals surface area contributed by atoms with Crippen molar-refractivity contribution >= 4 is 0 Å². The minimum atomic E-state index is 0.623. The van der Waals surface area contributed by atoms with Gasteiger partial charge in [-0.05, 0) is 54.8 Å². The molecule has 1 aromatic rings. The Hall–Kier alpha value is -1.02. The third kappa shape index (κ3) is 2.86. The van der Waals surface area contributed by atoms with E-state index in [1.807, 2.05) is 0 Å². The second-order valence-electron chi connectivity index (χ2n) is 5.54. The normalized spacial score (nSPS) is 25.7. The highest BCUT2D eigenvalue weighted by Crippen LogP contribution is 2.41. The highest BCUT2D eigenvalue weighted by atomic mass is 16.5. The number of benzene rings is 1. The van der Waals surface area contributed by atoms with Gasteiger partial charge in [0.15, 0.2) is 0 Å². The standard InChI is InChI=1S/C16H25NO/c1-12(11-17)15-5-3-4-6-16(15)13-7-9-14(18-2)10-8-13/h7-10,12,15-16H,3-6,11,17H2,1-2H3. The predicted molar refractivity (Wildman–Crippen MR) is 75.9 cm³/mol. The van der Waals surface area contributed by atoms with Gasteiger partial charge in [0, 0.05) is 0 Å². The van der Waals surface area contributed by atoms with Crippen LogP contribution in [-0.2, 0) is 0 Å².